The summed E-state index contributed by atoms with van der Waals surface area (Å²) in [5.41, 5.74) is 1.75. The van der Waals surface area contributed by atoms with Gasteiger partial charge in [0.25, 0.3) is 0 Å². The summed E-state index contributed by atoms with van der Waals surface area (Å²) in [6.07, 6.45) is 2.45. The van der Waals surface area contributed by atoms with E-state index in [4.69, 9.17) is 16.0 Å². The second kappa shape index (κ2) is 6.22. The highest BCUT2D eigenvalue weighted by Crippen LogP contribution is 2.31. The van der Waals surface area contributed by atoms with E-state index in [2.05, 4.69) is 5.32 Å². The number of aryl methyl sites for hydroxylation is 1. The van der Waals surface area contributed by atoms with Crippen LogP contribution in [-0.4, -0.2) is 6.54 Å². The smallest absolute Gasteiger partial charge is 0.123 e. The zero-order valence-electron chi connectivity index (χ0n) is 11.0. The Bertz CT molecular complexity index is 553. The van der Waals surface area contributed by atoms with Crippen molar-refractivity contribution in [2.45, 2.75) is 26.3 Å². The zero-order valence-corrected chi connectivity index (χ0v) is 11.8. The second-order valence-corrected chi connectivity index (χ2v) is 4.72. The Kier molecular flexibility index (Phi) is 4.61. The van der Waals surface area contributed by atoms with E-state index in [9.17, 15) is 4.39 Å². The average Bonchev–Trinajstić information content (AvgIpc) is 2.87. The molecular weight excluding hydrogens is 265 g/mol. The predicted octanol–water partition coefficient (Wildman–Crippen LogP) is 4.33. The van der Waals surface area contributed by atoms with Gasteiger partial charge in [0.15, 0.2) is 0 Å². The summed E-state index contributed by atoms with van der Waals surface area (Å²) >= 11 is 6.20. The molecule has 2 rings (SSSR count). The van der Waals surface area contributed by atoms with Crippen molar-refractivity contribution < 1.29 is 8.81 Å². The highest BCUT2D eigenvalue weighted by atomic mass is 35.5. The summed E-state index contributed by atoms with van der Waals surface area (Å²) in [6, 6.07) is 6.18. The number of furan rings is 1. The average molecular weight is 282 g/mol. The van der Waals surface area contributed by atoms with Gasteiger partial charge in [-0.3, -0.25) is 0 Å². The van der Waals surface area contributed by atoms with Crippen LogP contribution in [-0.2, 0) is 6.42 Å². The number of nitrogens with one attached hydrogen (secondary N) is 1. The van der Waals surface area contributed by atoms with Gasteiger partial charge >= 0.3 is 0 Å². The predicted molar refractivity (Wildman–Crippen MR) is 75.0 cm³/mol. The number of benzene rings is 1. The minimum absolute atomic E-state index is 0.151. The van der Waals surface area contributed by atoms with Gasteiger partial charge in [-0.25, -0.2) is 4.39 Å². The van der Waals surface area contributed by atoms with Crippen molar-refractivity contribution in [2.24, 2.45) is 0 Å². The van der Waals surface area contributed by atoms with Gasteiger partial charge < -0.3 is 9.73 Å². The molecule has 0 amide bonds. The number of rotatable bonds is 5. The molecule has 1 aromatic carbocycles. The highest BCUT2D eigenvalue weighted by Gasteiger charge is 2.21. The number of hydrogen-bond donors (Lipinski definition) is 1. The van der Waals surface area contributed by atoms with Gasteiger partial charge in [0.05, 0.1) is 12.3 Å². The Hall–Kier alpha value is -1.32. The van der Waals surface area contributed by atoms with Crippen LogP contribution in [0.15, 0.2) is 34.9 Å². The van der Waals surface area contributed by atoms with Crippen LogP contribution in [0.5, 0.6) is 0 Å². The fourth-order valence-electron chi connectivity index (χ4n) is 2.22. The van der Waals surface area contributed by atoms with Crippen molar-refractivity contribution in [3.05, 3.63) is 58.3 Å². The molecule has 0 aliphatic rings. The molecule has 2 aromatic rings. The lowest BCUT2D eigenvalue weighted by molar-refractivity contribution is 0.501. The molecule has 0 fully saturated rings. The van der Waals surface area contributed by atoms with Crippen LogP contribution in [0.3, 0.4) is 0 Å². The first-order valence-electron chi connectivity index (χ1n) is 6.42. The topological polar surface area (TPSA) is 25.2 Å². The Morgan fingerprint density at radius 2 is 2.05 bits per heavy atom. The van der Waals surface area contributed by atoms with E-state index in [1.54, 1.807) is 12.3 Å². The van der Waals surface area contributed by atoms with E-state index in [1.165, 1.54) is 12.1 Å². The van der Waals surface area contributed by atoms with Crippen molar-refractivity contribution >= 4 is 11.6 Å². The minimum atomic E-state index is -0.288. The van der Waals surface area contributed by atoms with Crippen molar-refractivity contribution in [3.63, 3.8) is 0 Å². The molecule has 0 aliphatic heterocycles. The Morgan fingerprint density at radius 1 is 1.26 bits per heavy atom. The molecule has 19 heavy (non-hydrogen) atoms. The number of halogens is 2. The molecule has 0 spiro atoms. The van der Waals surface area contributed by atoms with Crippen LogP contribution in [0.4, 0.5) is 4.39 Å². The summed E-state index contributed by atoms with van der Waals surface area (Å²) < 4.78 is 18.9. The molecule has 1 N–H and O–H groups in total. The van der Waals surface area contributed by atoms with Crippen molar-refractivity contribution in [3.8, 4) is 0 Å². The fourth-order valence-corrected chi connectivity index (χ4v) is 2.45. The maximum Gasteiger partial charge on any atom is 0.123 e. The quantitative estimate of drug-likeness (QED) is 0.882. The molecule has 0 saturated heterocycles. The second-order valence-electron chi connectivity index (χ2n) is 4.31. The third kappa shape index (κ3) is 2.99. The summed E-state index contributed by atoms with van der Waals surface area (Å²) in [5.74, 6) is 0.607. The first-order chi connectivity index (χ1) is 9.17. The molecule has 0 radical (unpaired) electrons. The SMILES string of the molecule is CCNC(c1cc(F)ccc1Cl)c1ccoc1CC. The molecule has 1 atom stereocenters. The van der Waals surface area contributed by atoms with Gasteiger partial charge in [0.1, 0.15) is 11.6 Å². The molecule has 4 heteroatoms. The maximum absolute atomic E-state index is 13.5. The zero-order chi connectivity index (χ0) is 13.8. The van der Waals surface area contributed by atoms with E-state index in [-0.39, 0.29) is 11.9 Å². The minimum Gasteiger partial charge on any atom is -0.469 e. The van der Waals surface area contributed by atoms with Gasteiger partial charge in [-0.05, 0) is 36.4 Å². The van der Waals surface area contributed by atoms with E-state index in [1.807, 2.05) is 19.9 Å². The third-order valence-corrected chi connectivity index (χ3v) is 3.43. The van der Waals surface area contributed by atoms with E-state index >= 15 is 0 Å². The molecule has 2 nitrogen and oxygen atoms in total. The lowest BCUT2D eigenvalue weighted by Crippen LogP contribution is -2.23. The van der Waals surface area contributed by atoms with Crippen molar-refractivity contribution in [2.75, 3.05) is 6.54 Å². The first-order valence-corrected chi connectivity index (χ1v) is 6.79. The van der Waals surface area contributed by atoms with Crippen molar-refractivity contribution in [1.29, 1.82) is 0 Å². The van der Waals surface area contributed by atoms with E-state index in [0.717, 1.165) is 29.9 Å². The molecule has 0 bridgehead atoms. The molecule has 102 valence electrons. The van der Waals surface area contributed by atoms with Gasteiger partial charge in [0.2, 0.25) is 0 Å². The maximum atomic E-state index is 13.5. The van der Waals surface area contributed by atoms with Crippen LogP contribution < -0.4 is 5.32 Å². The van der Waals surface area contributed by atoms with Crippen LogP contribution >= 0.6 is 11.6 Å². The Labute approximate surface area is 117 Å². The Balaban J connectivity index is 2.48. The summed E-state index contributed by atoms with van der Waals surface area (Å²) in [7, 11) is 0. The number of hydrogen-bond acceptors (Lipinski definition) is 2. The summed E-state index contributed by atoms with van der Waals surface area (Å²) in [5, 5.41) is 3.88. The highest BCUT2D eigenvalue weighted by molar-refractivity contribution is 6.31. The summed E-state index contributed by atoms with van der Waals surface area (Å²) in [4.78, 5) is 0. The fraction of sp³-hybridized carbons (Fsp3) is 0.333. The molecule has 1 unspecified atom stereocenters. The van der Waals surface area contributed by atoms with Gasteiger partial charge in [-0.2, -0.15) is 0 Å². The largest absolute Gasteiger partial charge is 0.469 e. The first kappa shape index (κ1) is 14.1. The standard InChI is InChI=1S/C15H17ClFNO/c1-3-14-11(7-8-19-14)15(18-4-2)12-9-10(17)5-6-13(12)16/h5-9,15,18H,3-4H2,1-2H3. The van der Waals surface area contributed by atoms with Crippen LogP contribution in [0, 0.1) is 5.82 Å². The van der Waals surface area contributed by atoms with E-state index in [0.29, 0.717) is 5.02 Å². The van der Waals surface area contributed by atoms with Gasteiger partial charge in [0, 0.05) is 17.0 Å². The molecule has 1 aromatic heterocycles. The van der Waals surface area contributed by atoms with E-state index < -0.39 is 0 Å². The normalized spacial score (nSPS) is 12.6. The van der Waals surface area contributed by atoms with Crippen LogP contribution in [0.2, 0.25) is 5.02 Å². The van der Waals surface area contributed by atoms with Crippen molar-refractivity contribution in [1.82, 2.24) is 5.32 Å². The lowest BCUT2D eigenvalue weighted by Gasteiger charge is -2.19. The lowest BCUT2D eigenvalue weighted by atomic mass is 9.98. The molecule has 0 saturated carbocycles. The van der Waals surface area contributed by atoms with Crippen LogP contribution in [0.25, 0.3) is 0 Å². The molecular formula is C15H17ClFNO. The Morgan fingerprint density at radius 3 is 2.74 bits per heavy atom. The molecule has 0 aliphatic carbocycles. The third-order valence-electron chi connectivity index (χ3n) is 3.09. The van der Waals surface area contributed by atoms with Crippen LogP contribution in [0.1, 0.15) is 36.8 Å². The molecule has 1 heterocycles. The van der Waals surface area contributed by atoms with Gasteiger partial charge in [-0.15, -0.1) is 0 Å². The summed E-state index contributed by atoms with van der Waals surface area (Å²) in [6.45, 7) is 4.79. The van der Waals surface area contributed by atoms with Gasteiger partial charge in [-0.1, -0.05) is 25.4 Å². The monoisotopic (exact) mass is 281 g/mol.